The zero-order valence-corrected chi connectivity index (χ0v) is 19.5. The summed E-state index contributed by atoms with van der Waals surface area (Å²) >= 11 is 0.822. The van der Waals surface area contributed by atoms with Gasteiger partial charge in [-0.1, -0.05) is 31.5 Å². The first kappa shape index (κ1) is 23.8. The van der Waals surface area contributed by atoms with Crippen molar-refractivity contribution in [1.82, 2.24) is 4.90 Å². The normalized spacial score (nSPS) is 18.3. The minimum Gasteiger partial charge on any atom is -0.497 e. The number of benzene rings is 2. The summed E-state index contributed by atoms with van der Waals surface area (Å²) in [6, 6.07) is 10.7. The van der Waals surface area contributed by atoms with Crippen LogP contribution in [0.15, 0.2) is 41.0 Å². The molecule has 172 valence electrons. The van der Waals surface area contributed by atoms with E-state index in [0.29, 0.717) is 18.4 Å². The van der Waals surface area contributed by atoms with E-state index >= 15 is 0 Å². The quantitative estimate of drug-likeness (QED) is 0.393. The minimum absolute atomic E-state index is 0.0653. The molecular weight excluding hydrogens is 432 g/mol. The van der Waals surface area contributed by atoms with E-state index in [9.17, 15) is 19.6 Å². The maximum atomic E-state index is 12.8. The molecular formula is C23H28N2O6S. The number of cyclic esters (lactones) is 1. The number of hydrogen-bond acceptors (Lipinski definition) is 7. The summed E-state index contributed by atoms with van der Waals surface area (Å²) in [6.45, 7) is 5.52. The number of hydrogen-bond donors (Lipinski definition) is 1. The number of amides is 1. The molecule has 1 aliphatic heterocycles. The molecule has 1 N–H and O–H groups in total. The molecule has 0 aliphatic carbocycles. The summed E-state index contributed by atoms with van der Waals surface area (Å²) in [4.78, 5) is 37.7. The summed E-state index contributed by atoms with van der Waals surface area (Å²) in [6.07, 6.45) is 0.357. The largest absolute Gasteiger partial charge is 0.497 e. The molecule has 2 aromatic carbocycles. The number of rotatable bonds is 10. The van der Waals surface area contributed by atoms with Gasteiger partial charge in [0.25, 0.3) is 0 Å². The molecule has 32 heavy (non-hydrogen) atoms. The monoisotopic (exact) mass is 460 g/mol. The molecule has 1 aliphatic rings. The van der Waals surface area contributed by atoms with Gasteiger partial charge < -0.3 is 14.6 Å². The van der Waals surface area contributed by atoms with Crippen LogP contribution in [0, 0.1) is 4.91 Å². The number of carboxylic acids is 1. The van der Waals surface area contributed by atoms with Crippen molar-refractivity contribution in [2.45, 2.75) is 49.8 Å². The van der Waals surface area contributed by atoms with Gasteiger partial charge in [0.05, 0.1) is 17.9 Å². The highest BCUT2D eigenvalue weighted by Crippen LogP contribution is 2.40. The number of nitrogens with zero attached hydrogens (tertiary/aromatic N) is 2. The Balaban J connectivity index is 2.07. The van der Waals surface area contributed by atoms with Gasteiger partial charge in [-0.3, -0.25) is 9.69 Å². The molecule has 1 amide bonds. The second kappa shape index (κ2) is 9.36. The predicted octanol–water partition coefficient (Wildman–Crippen LogP) is 4.98. The fourth-order valence-electron chi connectivity index (χ4n) is 4.34. The van der Waals surface area contributed by atoms with Crippen LogP contribution in [-0.2, 0) is 14.9 Å². The third-order valence-electron chi connectivity index (χ3n) is 6.18. The van der Waals surface area contributed by atoms with Crippen molar-refractivity contribution >= 4 is 34.8 Å². The lowest BCUT2D eigenvalue weighted by Crippen LogP contribution is -2.54. The Hall–Kier alpha value is -2.81. The highest BCUT2D eigenvalue weighted by atomic mass is 32.2. The Morgan fingerprint density at radius 3 is 2.59 bits per heavy atom. The van der Waals surface area contributed by atoms with Crippen molar-refractivity contribution in [2.24, 2.45) is 4.58 Å². The highest BCUT2D eigenvalue weighted by molar-refractivity contribution is 7.99. The Kier molecular flexibility index (Phi) is 6.97. The smallest absolute Gasteiger partial charge is 0.410 e. The number of ether oxygens (including phenoxy) is 2. The number of fused-ring (bicyclic) bond motifs is 1. The molecule has 0 unspecified atom stereocenters. The molecule has 9 heteroatoms. The van der Waals surface area contributed by atoms with Gasteiger partial charge in [0.2, 0.25) is 0 Å². The van der Waals surface area contributed by atoms with Crippen molar-refractivity contribution < 1.29 is 24.2 Å². The molecule has 0 spiro atoms. The molecule has 2 atom stereocenters. The standard InChI is InChI=1S/C23H28N2O6S/c1-5-10-23(20(26)27,14-25-19(13-31-21(25)28)22(2,3)32-24-29)17-8-6-16-12-18(30-4)9-7-15(16)11-17/h6-9,11-12,19H,5,10,13-14H2,1-4H3,(H,26,27)/t19-,23+/m0/s1. The fraction of sp³-hybridized carbons (Fsp3) is 0.478. The Morgan fingerprint density at radius 2 is 1.97 bits per heavy atom. The molecule has 8 nitrogen and oxygen atoms in total. The van der Waals surface area contributed by atoms with Crippen LogP contribution in [0.5, 0.6) is 5.75 Å². The van der Waals surface area contributed by atoms with Crippen LogP contribution in [0.2, 0.25) is 0 Å². The Labute approximate surface area is 191 Å². The molecule has 0 radical (unpaired) electrons. The van der Waals surface area contributed by atoms with Crippen LogP contribution < -0.4 is 4.74 Å². The van der Waals surface area contributed by atoms with Crippen molar-refractivity contribution in [2.75, 3.05) is 20.3 Å². The molecule has 1 heterocycles. The zero-order chi connectivity index (χ0) is 23.5. The highest BCUT2D eigenvalue weighted by Gasteiger charge is 2.50. The first-order chi connectivity index (χ1) is 15.2. The van der Waals surface area contributed by atoms with Crippen molar-refractivity contribution in [1.29, 1.82) is 0 Å². The van der Waals surface area contributed by atoms with E-state index in [2.05, 4.69) is 4.58 Å². The molecule has 0 saturated carbocycles. The first-order valence-electron chi connectivity index (χ1n) is 10.4. The number of carbonyl (C=O) groups is 2. The summed E-state index contributed by atoms with van der Waals surface area (Å²) < 4.78 is 12.7. The molecule has 1 saturated heterocycles. The number of carbonyl (C=O) groups excluding carboxylic acids is 1. The van der Waals surface area contributed by atoms with Crippen LogP contribution in [-0.4, -0.2) is 53.1 Å². The van der Waals surface area contributed by atoms with Crippen LogP contribution in [0.25, 0.3) is 10.8 Å². The van der Waals surface area contributed by atoms with Crippen molar-refractivity contribution in [3.05, 3.63) is 46.9 Å². The lowest BCUT2D eigenvalue weighted by molar-refractivity contribution is -0.145. The van der Waals surface area contributed by atoms with Gasteiger partial charge in [0.15, 0.2) is 0 Å². The maximum Gasteiger partial charge on any atom is 0.410 e. The summed E-state index contributed by atoms with van der Waals surface area (Å²) in [5.41, 5.74) is -0.721. The van der Waals surface area contributed by atoms with E-state index in [1.807, 2.05) is 37.3 Å². The second-order valence-corrected chi connectivity index (χ2v) is 9.94. The van der Waals surface area contributed by atoms with Gasteiger partial charge in [-0.25, -0.2) is 4.79 Å². The summed E-state index contributed by atoms with van der Waals surface area (Å²) in [7, 11) is 1.59. The van der Waals surface area contributed by atoms with Gasteiger partial charge in [0, 0.05) is 23.1 Å². The summed E-state index contributed by atoms with van der Waals surface area (Å²) in [5, 5.41) is 12.2. The van der Waals surface area contributed by atoms with E-state index < -0.39 is 28.3 Å². The average Bonchev–Trinajstić information content (AvgIpc) is 3.13. The van der Waals surface area contributed by atoms with E-state index in [1.54, 1.807) is 27.0 Å². The van der Waals surface area contributed by atoms with Crippen LogP contribution in [0.4, 0.5) is 4.79 Å². The Morgan fingerprint density at radius 1 is 1.28 bits per heavy atom. The number of carboxylic acid groups (broad SMARTS) is 1. The topological polar surface area (TPSA) is 106 Å². The lowest BCUT2D eigenvalue weighted by atomic mass is 9.75. The molecule has 0 aromatic heterocycles. The zero-order valence-electron chi connectivity index (χ0n) is 18.7. The van der Waals surface area contributed by atoms with E-state index in [4.69, 9.17) is 9.47 Å². The number of aliphatic carboxylic acids is 1. The molecule has 2 aromatic rings. The third-order valence-corrected chi connectivity index (χ3v) is 6.99. The van der Waals surface area contributed by atoms with Crippen molar-refractivity contribution in [3.63, 3.8) is 0 Å². The van der Waals surface area contributed by atoms with E-state index in [0.717, 1.165) is 28.5 Å². The minimum atomic E-state index is -1.33. The van der Waals surface area contributed by atoms with Gasteiger partial charge in [-0.15, -0.1) is 4.91 Å². The fourth-order valence-corrected chi connectivity index (χ4v) is 4.85. The second-order valence-electron chi connectivity index (χ2n) is 8.56. The Bertz CT molecular complexity index is 1030. The maximum absolute atomic E-state index is 12.8. The molecule has 0 bridgehead atoms. The first-order valence-corrected chi connectivity index (χ1v) is 11.2. The van der Waals surface area contributed by atoms with Crippen LogP contribution in [0.3, 0.4) is 0 Å². The van der Waals surface area contributed by atoms with E-state index in [1.165, 1.54) is 4.90 Å². The van der Waals surface area contributed by atoms with Crippen molar-refractivity contribution in [3.8, 4) is 5.75 Å². The predicted molar refractivity (Wildman–Crippen MR) is 124 cm³/mol. The third kappa shape index (κ3) is 4.39. The lowest BCUT2D eigenvalue weighted by Gasteiger charge is -2.38. The molecule has 3 rings (SSSR count). The van der Waals surface area contributed by atoms with Gasteiger partial charge in [-0.05, 0) is 54.8 Å². The van der Waals surface area contributed by atoms with Gasteiger partial charge in [-0.2, -0.15) is 0 Å². The number of nitroso groups, excluding NO2 is 1. The van der Waals surface area contributed by atoms with Gasteiger partial charge in [0.1, 0.15) is 17.8 Å². The summed E-state index contributed by atoms with van der Waals surface area (Å²) in [5.74, 6) is -0.292. The SMILES string of the molecule is CCC[C@](CN1C(=O)OC[C@H]1C(C)(C)SN=O)(C(=O)O)c1ccc2cc(OC)ccc2c1. The van der Waals surface area contributed by atoms with Gasteiger partial charge >= 0.3 is 12.1 Å². The molecule has 1 fully saturated rings. The number of methoxy groups -OCH3 is 1. The van der Waals surface area contributed by atoms with E-state index in [-0.39, 0.29) is 13.2 Å². The average molecular weight is 461 g/mol. The van der Waals surface area contributed by atoms with Crippen LogP contribution >= 0.6 is 11.9 Å². The van der Waals surface area contributed by atoms with Crippen LogP contribution in [0.1, 0.15) is 39.2 Å².